The Morgan fingerprint density at radius 3 is 2.35 bits per heavy atom. The summed E-state index contributed by atoms with van der Waals surface area (Å²) >= 11 is 0. The molecule has 1 heterocycles. The summed E-state index contributed by atoms with van der Waals surface area (Å²) in [6, 6.07) is 0. The first-order valence-corrected chi connectivity index (χ1v) is 7.21. The van der Waals surface area contributed by atoms with Gasteiger partial charge in [0.05, 0.1) is 24.7 Å². The monoisotopic (exact) mass is 238 g/mol. The Kier molecular flexibility index (Phi) is 2.06. The molecule has 0 radical (unpaired) electrons. The van der Waals surface area contributed by atoms with Crippen molar-refractivity contribution < 1.29 is 14.6 Å². The molecule has 0 aromatic carbocycles. The second-order valence-electron chi connectivity index (χ2n) is 6.48. The average Bonchev–Trinajstić information content (AvgIpc) is 2.77. The minimum absolute atomic E-state index is 0.0625. The molecule has 4 fully saturated rings. The minimum Gasteiger partial charge on any atom is -0.392 e. The molecule has 96 valence electrons. The first-order chi connectivity index (χ1) is 8.25. The summed E-state index contributed by atoms with van der Waals surface area (Å²) in [5.74, 6) is -0.427. The van der Waals surface area contributed by atoms with E-state index in [1.165, 1.54) is 32.1 Å². The van der Waals surface area contributed by atoms with Crippen LogP contribution in [0.3, 0.4) is 0 Å². The van der Waals surface area contributed by atoms with E-state index in [0.29, 0.717) is 18.6 Å². The number of rotatable bonds is 0. The van der Waals surface area contributed by atoms with Crippen molar-refractivity contribution in [3.63, 3.8) is 0 Å². The van der Waals surface area contributed by atoms with Crippen molar-refractivity contribution in [2.45, 2.75) is 63.3 Å². The number of aliphatic hydroxyl groups is 1. The van der Waals surface area contributed by atoms with Gasteiger partial charge < -0.3 is 14.6 Å². The number of ether oxygens (including phenoxy) is 2. The molecule has 3 heteroatoms. The zero-order valence-corrected chi connectivity index (χ0v) is 10.4. The van der Waals surface area contributed by atoms with Crippen molar-refractivity contribution in [3.05, 3.63) is 0 Å². The van der Waals surface area contributed by atoms with Crippen molar-refractivity contribution in [1.29, 1.82) is 0 Å². The molecular weight excluding hydrogens is 216 g/mol. The van der Waals surface area contributed by atoms with Crippen LogP contribution in [0.15, 0.2) is 0 Å². The van der Waals surface area contributed by atoms with Crippen molar-refractivity contribution in [3.8, 4) is 0 Å². The third-order valence-corrected chi connectivity index (χ3v) is 6.17. The lowest BCUT2D eigenvalue weighted by atomic mass is 9.36. The van der Waals surface area contributed by atoms with E-state index in [4.69, 9.17) is 9.47 Å². The van der Waals surface area contributed by atoms with Crippen LogP contribution in [0, 0.1) is 10.8 Å². The fraction of sp³-hybridized carbons (Fsp3) is 1.00. The van der Waals surface area contributed by atoms with Crippen LogP contribution in [0.4, 0.5) is 0 Å². The molecule has 3 saturated carbocycles. The van der Waals surface area contributed by atoms with E-state index in [1.54, 1.807) is 0 Å². The maximum absolute atomic E-state index is 10.5. The summed E-state index contributed by atoms with van der Waals surface area (Å²) in [6.45, 7) is 1.43. The second-order valence-corrected chi connectivity index (χ2v) is 6.48. The van der Waals surface area contributed by atoms with Crippen LogP contribution < -0.4 is 0 Å². The molecular formula is C14H22O3. The predicted molar refractivity (Wildman–Crippen MR) is 62.4 cm³/mol. The topological polar surface area (TPSA) is 38.7 Å². The highest BCUT2D eigenvalue weighted by molar-refractivity contribution is 5.22. The molecule has 1 saturated heterocycles. The van der Waals surface area contributed by atoms with Gasteiger partial charge in [-0.1, -0.05) is 12.8 Å². The van der Waals surface area contributed by atoms with Crippen LogP contribution in [0.5, 0.6) is 0 Å². The summed E-state index contributed by atoms with van der Waals surface area (Å²) in [5.41, 5.74) is 0.278. The van der Waals surface area contributed by atoms with Gasteiger partial charge in [0, 0.05) is 6.42 Å². The molecule has 4 rings (SSSR count). The second kappa shape index (κ2) is 3.25. The smallest absolute Gasteiger partial charge is 0.177 e. The van der Waals surface area contributed by atoms with Crippen LogP contribution in [0.25, 0.3) is 0 Å². The van der Waals surface area contributed by atoms with E-state index in [1.807, 2.05) is 0 Å². The Bertz CT molecular complexity index is 327. The normalized spacial score (nSPS) is 51.7. The van der Waals surface area contributed by atoms with Gasteiger partial charge in [-0.25, -0.2) is 0 Å². The molecule has 0 aromatic heterocycles. The summed E-state index contributed by atoms with van der Waals surface area (Å²) in [4.78, 5) is 0. The zero-order valence-electron chi connectivity index (χ0n) is 10.4. The van der Waals surface area contributed by atoms with Crippen LogP contribution >= 0.6 is 0 Å². The average molecular weight is 238 g/mol. The van der Waals surface area contributed by atoms with Gasteiger partial charge in [0.25, 0.3) is 0 Å². The third-order valence-electron chi connectivity index (χ3n) is 6.17. The Balaban J connectivity index is 1.81. The van der Waals surface area contributed by atoms with Gasteiger partial charge in [-0.05, 0) is 37.5 Å². The molecule has 0 bridgehead atoms. The standard InChI is InChI=1S/C14H22O3/c15-11-10-12-4-1-2-6-13(11,12)14(7-3-5-12)16-8-9-17-14/h11,15H,1-10H2. The maximum Gasteiger partial charge on any atom is 0.177 e. The summed E-state index contributed by atoms with van der Waals surface area (Å²) in [5, 5.41) is 10.5. The van der Waals surface area contributed by atoms with Gasteiger partial charge in [0.15, 0.2) is 5.79 Å². The molecule has 4 aliphatic rings. The highest BCUT2D eigenvalue weighted by atomic mass is 16.7. The number of hydrogen-bond acceptors (Lipinski definition) is 3. The summed E-state index contributed by atoms with van der Waals surface area (Å²) in [6.07, 6.45) is 9.20. The molecule has 3 unspecified atom stereocenters. The van der Waals surface area contributed by atoms with Crippen LogP contribution in [-0.4, -0.2) is 30.2 Å². The first-order valence-electron chi connectivity index (χ1n) is 7.21. The molecule has 3 atom stereocenters. The molecule has 0 amide bonds. The van der Waals surface area contributed by atoms with Gasteiger partial charge in [-0.3, -0.25) is 0 Å². The molecule has 1 spiro atoms. The van der Waals surface area contributed by atoms with E-state index in [9.17, 15) is 5.11 Å². The molecule has 1 aliphatic heterocycles. The first kappa shape index (κ1) is 10.8. The highest BCUT2D eigenvalue weighted by Gasteiger charge is 2.76. The molecule has 17 heavy (non-hydrogen) atoms. The number of hydrogen-bond donors (Lipinski definition) is 1. The minimum atomic E-state index is -0.427. The van der Waals surface area contributed by atoms with E-state index in [-0.39, 0.29) is 11.5 Å². The van der Waals surface area contributed by atoms with Gasteiger partial charge >= 0.3 is 0 Å². The highest BCUT2D eigenvalue weighted by Crippen LogP contribution is 2.75. The summed E-state index contributed by atoms with van der Waals surface area (Å²) < 4.78 is 12.1. The largest absolute Gasteiger partial charge is 0.392 e. The van der Waals surface area contributed by atoms with Gasteiger partial charge in [-0.15, -0.1) is 0 Å². The Labute approximate surface area is 102 Å². The predicted octanol–water partition coefficient (Wildman–Crippen LogP) is 2.22. The van der Waals surface area contributed by atoms with Crippen molar-refractivity contribution in [1.82, 2.24) is 0 Å². The number of aliphatic hydroxyl groups excluding tert-OH is 1. The van der Waals surface area contributed by atoms with Crippen molar-refractivity contribution in [2.75, 3.05) is 13.2 Å². The molecule has 3 aliphatic carbocycles. The van der Waals surface area contributed by atoms with Crippen molar-refractivity contribution in [2.24, 2.45) is 10.8 Å². The Morgan fingerprint density at radius 2 is 1.59 bits per heavy atom. The van der Waals surface area contributed by atoms with E-state index in [0.717, 1.165) is 19.3 Å². The van der Waals surface area contributed by atoms with Crippen LogP contribution in [0.1, 0.15) is 51.4 Å². The van der Waals surface area contributed by atoms with E-state index in [2.05, 4.69) is 0 Å². The maximum atomic E-state index is 10.5. The Morgan fingerprint density at radius 1 is 0.882 bits per heavy atom. The lowest BCUT2D eigenvalue weighted by Gasteiger charge is -2.72. The third kappa shape index (κ3) is 1.02. The lowest BCUT2D eigenvalue weighted by Crippen LogP contribution is -2.75. The van der Waals surface area contributed by atoms with Gasteiger partial charge in [0.1, 0.15) is 0 Å². The van der Waals surface area contributed by atoms with Gasteiger partial charge in [0.2, 0.25) is 0 Å². The lowest BCUT2D eigenvalue weighted by molar-refractivity contribution is -0.382. The summed E-state index contributed by atoms with van der Waals surface area (Å²) in [7, 11) is 0. The van der Waals surface area contributed by atoms with Crippen LogP contribution in [-0.2, 0) is 9.47 Å². The quantitative estimate of drug-likeness (QED) is 0.703. The zero-order chi connectivity index (χ0) is 11.6. The Hall–Kier alpha value is -0.120. The van der Waals surface area contributed by atoms with Crippen molar-refractivity contribution >= 4 is 0 Å². The fourth-order valence-corrected chi connectivity index (χ4v) is 5.61. The molecule has 3 nitrogen and oxygen atoms in total. The van der Waals surface area contributed by atoms with Crippen LogP contribution in [0.2, 0.25) is 0 Å². The van der Waals surface area contributed by atoms with E-state index < -0.39 is 5.79 Å². The SMILES string of the molecule is OC1CC23CCCCC12C1(CCC3)OCCO1. The van der Waals surface area contributed by atoms with Gasteiger partial charge in [-0.2, -0.15) is 0 Å². The molecule has 0 aromatic rings. The molecule has 1 N–H and O–H groups in total. The fourth-order valence-electron chi connectivity index (χ4n) is 5.61. The van der Waals surface area contributed by atoms with E-state index >= 15 is 0 Å².